The molecule has 27 heavy (non-hydrogen) atoms. The van der Waals surface area contributed by atoms with Gasteiger partial charge in [0.1, 0.15) is 11.5 Å². The molecule has 2 aliphatic heterocycles. The van der Waals surface area contributed by atoms with Crippen LogP contribution in [0.4, 0.5) is 5.69 Å². The van der Waals surface area contributed by atoms with E-state index in [1.807, 2.05) is 66.7 Å². The molecule has 0 radical (unpaired) electrons. The van der Waals surface area contributed by atoms with Crippen LogP contribution in [0.1, 0.15) is 28.0 Å². The minimum Gasteiger partial charge on any atom is -0.387 e. The van der Waals surface area contributed by atoms with Gasteiger partial charge in [0.15, 0.2) is 0 Å². The number of hydrogen-bond acceptors (Lipinski definition) is 3. The van der Waals surface area contributed by atoms with E-state index in [0.717, 1.165) is 21.7 Å². The first kappa shape index (κ1) is 16.9. The van der Waals surface area contributed by atoms with Crippen LogP contribution >= 0.6 is 23.4 Å². The number of carbonyl (C=O) groups excluding carboxylic acids is 1. The van der Waals surface area contributed by atoms with E-state index in [1.165, 1.54) is 0 Å². The van der Waals surface area contributed by atoms with Gasteiger partial charge in [-0.1, -0.05) is 60.1 Å². The number of anilines is 1. The number of para-hydroxylation sites is 1. The summed E-state index contributed by atoms with van der Waals surface area (Å²) in [6.45, 7) is 0. The summed E-state index contributed by atoms with van der Waals surface area (Å²) in [4.78, 5) is 14.3. The molecule has 5 heteroatoms. The van der Waals surface area contributed by atoms with Crippen molar-refractivity contribution in [1.82, 2.24) is 0 Å². The quantitative estimate of drug-likeness (QED) is 0.604. The monoisotopic (exact) mass is 393 g/mol. The third-order valence-corrected chi connectivity index (χ3v) is 7.20. The summed E-state index contributed by atoms with van der Waals surface area (Å²) in [6, 6.07) is 23.0. The lowest BCUT2D eigenvalue weighted by Crippen LogP contribution is -2.46. The number of fused-ring (bicyclic) bond motifs is 3. The molecule has 2 N–H and O–H groups in total. The molecular weight excluding hydrogens is 378 g/mol. The molecule has 3 atom stereocenters. The molecule has 3 aromatic carbocycles. The van der Waals surface area contributed by atoms with Crippen LogP contribution in [0.25, 0.3) is 0 Å². The van der Waals surface area contributed by atoms with Gasteiger partial charge < -0.3 is 10.4 Å². The molecule has 3 nitrogen and oxygen atoms in total. The average molecular weight is 394 g/mol. The minimum atomic E-state index is -1.11. The number of nitrogens with one attached hydrogen (secondary N) is 1. The second kappa shape index (κ2) is 6.13. The van der Waals surface area contributed by atoms with E-state index in [9.17, 15) is 9.90 Å². The van der Waals surface area contributed by atoms with Crippen LogP contribution in [0, 0.1) is 0 Å². The van der Waals surface area contributed by atoms with Crippen LogP contribution in [0.5, 0.6) is 0 Å². The van der Waals surface area contributed by atoms with Crippen molar-refractivity contribution in [1.29, 1.82) is 0 Å². The maximum atomic E-state index is 13.4. The Morgan fingerprint density at radius 2 is 1.74 bits per heavy atom. The number of thioether (sulfide) groups is 1. The van der Waals surface area contributed by atoms with E-state index in [0.29, 0.717) is 10.6 Å². The van der Waals surface area contributed by atoms with Crippen molar-refractivity contribution in [2.24, 2.45) is 0 Å². The molecule has 0 aromatic heterocycles. The SMILES string of the molecule is O=C1Nc2ccccc2[C@]12[C@@H](O)c1cc(Cl)ccc1S[C@H]2c1ccccc1. The van der Waals surface area contributed by atoms with Crippen LogP contribution in [0.2, 0.25) is 5.02 Å². The Hall–Kier alpha value is -2.27. The van der Waals surface area contributed by atoms with E-state index >= 15 is 0 Å². The number of aliphatic hydroxyl groups is 1. The van der Waals surface area contributed by atoms with E-state index < -0.39 is 11.5 Å². The first-order valence-electron chi connectivity index (χ1n) is 8.72. The number of halogens is 1. The van der Waals surface area contributed by atoms with Gasteiger partial charge in [0.25, 0.3) is 0 Å². The van der Waals surface area contributed by atoms with Crippen LogP contribution in [-0.4, -0.2) is 11.0 Å². The Bertz CT molecular complexity index is 1060. The fraction of sp³-hybridized carbons (Fsp3) is 0.136. The molecule has 5 rings (SSSR count). The lowest BCUT2D eigenvalue weighted by atomic mass is 9.69. The van der Waals surface area contributed by atoms with Gasteiger partial charge in [-0.25, -0.2) is 0 Å². The minimum absolute atomic E-state index is 0.178. The van der Waals surface area contributed by atoms with E-state index in [4.69, 9.17) is 11.6 Å². The Morgan fingerprint density at radius 1 is 1.00 bits per heavy atom. The number of hydrogen-bond donors (Lipinski definition) is 2. The lowest BCUT2D eigenvalue weighted by Gasteiger charge is -2.44. The lowest BCUT2D eigenvalue weighted by molar-refractivity contribution is -0.125. The molecular formula is C22H16ClNO2S. The Morgan fingerprint density at radius 3 is 2.56 bits per heavy atom. The van der Waals surface area contributed by atoms with Crippen LogP contribution < -0.4 is 5.32 Å². The molecule has 0 saturated carbocycles. The second-order valence-corrected chi connectivity index (χ2v) is 8.45. The summed E-state index contributed by atoms with van der Waals surface area (Å²) < 4.78 is 0. The van der Waals surface area contributed by atoms with Crippen molar-refractivity contribution in [3.63, 3.8) is 0 Å². The molecule has 0 fully saturated rings. The van der Waals surface area contributed by atoms with E-state index in [1.54, 1.807) is 17.8 Å². The summed E-state index contributed by atoms with van der Waals surface area (Å²) >= 11 is 7.81. The van der Waals surface area contributed by atoms with Gasteiger partial charge in [-0.2, -0.15) is 0 Å². The standard InChI is InChI=1S/C22H16ClNO2S/c23-14-10-11-18-15(12-14)19(25)22(20(27-18)13-6-2-1-3-7-13)16-8-4-5-9-17(16)24-21(22)26/h1-12,19-20,25H,(H,24,26)/t19-,20-,22+/m0/s1. The average Bonchev–Trinajstić information content (AvgIpc) is 2.99. The largest absolute Gasteiger partial charge is 0.387 e. The zero-order valence-electron chi connectivity index (χ0n) is 14.2. The van der Waals surface area contributed by atoms with Gasteiger partial charge in [-0.05, 0) is 41.0 Å². The summed E-state index contributed by atoms with van der Waals surface area (Å²) in [7, 11) is 0. The predicted octanol–water partition coefficient (Wildman–Crippen LogP) is 5.11. The zero-order valence-corrected chi connectivity index (χ0v) is 15.8. The summed E-state index contributed by atoms with van der Waals surface area (Å²) in [6.07, 6.45) is -0.999. The molecule has 1 amide bonds. The fourth-order valence-electron chi connectivity index (χ4n) is 4.24. The number of aliphatic hydroxyl groups excluding tert-OH is 1. The van der Waals surface area contributed by atoms with Gasteiger partial charge in [-0.15, -0.1) is 11.8 Å². The fourth-order valence-corrected chi connectivity index (χ4v) is 5.97. The number of rotatable bonds is 1. The van der Waals surface area contributed by atoms with Crippen molar-refractivity contribution < 1.29 is 9.90 Å². The van der Waals surface area contributed by atoms with E-state index in [2.05, 4.69) is 5.32 Å². The Labute approximate surface area is 166 Å². The van der Waals surface area contributed by atoms with Crippen molar-refractivity contribution in [2.75, 3.05) is 5.32 Å². The summed E-state index contributed by atoms with van der Waals surface area (Å²) in [5, 5.41) is 14.8. The Kier molecular flexibility index (Phi) is 3.83. The van der Waals surface area contributed by atoms with Gasteiger partial charge in [-0.3, -0.25) is 4.79 Å². The highest BCUT2D eigenvalue weighted by atomic mass is 35.5. The van der Waals surface area contributed by atoms with Gasteiger partial charge >= 0.3 is 0 Å². The third-order valence-electron chi connectivity index (χ3n) is 5.46. The third kappa shape index (κ3) is 2.30. The maximum Gasteiger partial charge on any atom is 0.239 e. The Balaban J connectivity index is 1.82. The van der Waals surface area contributed by atoms with Crippen LogP contribution in [-0.2, 0) is 10.2 Å². The molecule has 134 valence electrons. The molecule has 0 aliphatic carbocycles. The number of benzene rings is 3. The van der Waals surface area contributed by atoms with Crippen molar-refractivity contribution >= 4 is 35.0 Å². The van der Waals surface area contributed by atoms with Crippen LogP contribution in [0.15, 0.2) is 77.7 Å². The zero-order chi connectivity index (χ0) is 18.6. The van der Waals surface area contributed by atoms with Gasteiger partial charge in [0.2, 0.25) is 5.91 Å². The van der Waals surface area contributed by atoms with E-state index in [-0.39, 0.29) is 11.2 Å². The molecule has 2 heterocycles. The first-order chi connectivity index (χ1) is 13.1. The highest BCUT2D eigenvalue weighted by Gasteiger charge is 2.60. The molecule has 2 aliphatic rings. The van der Waals surface area contributed by atoms with Gasteiger partial charge in [0, 0.05) is 15.6 Å². The highest BCUT2D eigenvalue weighted by Crippen LogP contribution is 2.63. The highest BCUT2D eigenvalue weighted by molar-refractivity contribution is 7.99. The molecule has 1 spiro atoms. The van der Waals surface area contributed by atoms with Crippen LogP contribution in [0.3, 0.4) is 0 Å². The first-order valence-corrected chi connectivity index (χ1v) is 9.98. The number of carbonyl (C=O) groups is 1. The molecule has 0 saturated heterocycles. The topological polar surface area (TPSA) is 49.3 Å². The second-order valence-electron chi connectivity index (χ2n) is 6.86. The normalized spacial score (nSPS) is 25.8. The van der Waals surface area contributed by atoms with Crippen molar-refractivity contribution in [3.05, 3.63) is 94.5 Å². The number of amides is 1. The maximum absolute atomic E-state index is 13.4. The van der Waals surface area contributed by atoms with Crippen molar-refractivity contribution in [3.8, 4) is 0 Å². The predicted molar refractivity (Wildman–Crippen MR) is 108 cm³/mol. The molecule has 0 bridgehead atoms. The molecule has 0 unspecified atom stereocenters. The molecule has 3 aromatic rings. The summed E-state index contributed by atoms with van der Waals surface area (Å²) in [5.41, 5.74) is 2.18. The smallest absolute Gasteiger partial charge is 0.239 e. The summed E-state index contributed by atoms with van der Waals surface area (Å²) in [5.74, 6) is -0.178. The van der Waals surface area contributed by atoms with Gasteiger partial charge in [0.05, 0.1) is 5.25 Å². The van der Waals surface area contributed by atoms with Crippen molar-refractivity contribution in [2.45, 2.75) is 21.7 Å².